The lowest BCUT2D eigenvalue weighted by atomic mass is 9.70. The maximum Gasteiger partial charge on any atom is 0.00671 e. The lowest BCUT2D eigenvalue weighted by Gasteiger charge is -2.46. The van der Waals surface area contributed by atoms with Crippen molar-refractivity contribution >= 4 is 0 Å². The maximum atomic E-state index is 3.79. The molecule has 2 rings (SSSR count). The summed E-state index contributed by atoms with van der Waals surface area (Å²) in [7, 11) is 0. The number of nitrogens with one attached hydrogen (secondary N) is 1. The van der Waals surface area contributed by atoms with E-state index >= 15 is 0 Å². The van der Waals surface area contributed by atoms with Crippen LogP contribution in [-0.2, 0) is 0 Å². The lowest BCUT2D eigenvalue weighted by Crippen LogP contribution is -2.50. The molecule has 0 radical (unpaired) electrons. The third-order valence-corrected chi connectivity index (χ3v) is 5.87. The summed E-state index contributed by atoms with van der Waals surface area (Å²) in [5, 5.41) is 3.79. The third kappa shape index (κ3) is 5.25. The van der Waals surface area contributed by atoms with Gasteiger partial charge < -0.3 is 10.2 Å². The van der Waals surface area contributed by atoms with Crippen LogP contribution in [0.25, 0.3) is 0 Å². The van der Waals surface area contributed by atoms with Gasteiger partial charge in [0.15, 0.2) is 0 Å². The van der Waals surface area contributed by atoms with Gasteiger partial charge in [-0.15, -0.1) is 0 Å². The van der Waals surface area contributed by atoms with E-state index in [9.17, 15) is 0 Å². The van der Waals surface area contributed by atoms with Crippen molar-refractivity contribution in [2.75, 3.05) is 26.2 Å². The molecule has 1 N–H and O–H groups in total. The molecule has 124 valence electrons. The smallest absolute Gasteiger partial charge is 0.00671 e. The van der Waals surface area contributed by atoms with E-state index in [1.54, 1.807) is 0 Å². The van der Waals surface area contributed by atoms with Gasteiger partial charge in [0.05, 0.1) is 0 Å². The first-order valence-electron chi connectivity index (χ1n) is 9.45. The van der Waals surface area contributed by atoms with Crippen LogP contribution in [0.4, 0.5) is 0 Å². The first-order chi connectivity index (χ1) is 10.0. The molecule has 1 unspecified atom stereocenters. The molecule has 21 heavy (non-hydrogen) atoms. The Morgan fingerprint density at radius 1 is 1.10 bits per heavy atom. The normalized spacial score (nSPS) is 35.3. The van der Waals surface area contributed by atoms with E-state index in [0.29, 0.717) is 5.41 Å². The summed E-state index contributed by atoms with van der Waals surface area (Å²) in [5.41, 5.74) is 0.549. The monoisotopic (exact) mass is 294 g/mol. The number of piperidine rings is 1. The summed E-state index contributed by atoms with van der Waals surface area (Å²) in [6.45, 7) is 14.6. The maximum absolute atomic E-state index is 3.79. The van der Waals surface area contributed by atoms with Gasteiger partial charge in [0.2, 0.25) is 0 Å². The van der Waals surface area contributed by atoms with Crippen LogP contribution in [0.3, 0.4) is 0 Å². The molecule has 2 fully saturated rings. The van der Waals surface area contributed by atoms with Crippen molar-refractivity contribution in [3.8, 4) is 0 Å². The molecule has 2 nitrogen and oxygen atoms in total. The largest absolute Gasteiger partial charge is 0.316 e. The molecule has 0 aromatic rings. The Kier molecular flexibility index (Phi) is 6.55. The fourth-order valence-electron chi connectivity index (χ4n) is 4.21. The zero-order chi connectivity index (χ0) is 15.3. The van der Waals surface area contributed by atoms with Crippen LogP contribution in [0.5, 0.6) is 0 Å². The summed E-state index contributed by atoms with van der Waals surface area (Å²) in [6, 6.07) is 0.806. The van der Waals surface area contributed by atoms with Crippen molar-refractivity contribution in [2.45, 2.75) is 78.7 Å². The van der Waals surface area contributed by atoms with Gasteiger partial charge in [0, 0.05) is 19.1 Å². The van der Waals surface area contributed by atoms with Crippen LogP contribution in [0.2, 0.25) is 0 Å². The van der Waals surface area contributed by atoms with Crippen molar-refractivity contribution in [3.63, 3.8) is 0 Å². The quantitative estimate of drug-likeness (QED) is 0.785. The van der Waals surface area contributed by atoms with Crippen LogP contribution >= 0.6 is 0 Å². The minimum atomic E-state index is 0.549. The van der Waals surface area contributed by atoms with Gasteiger partial charge in [-0.2, -0.15) is 0 Å². The second kappa shape index (κ2) is 7.97. The molecular weight excluding hydrogens is 256 g/mol. The standard InChI is InChI=1S/C19H38N2/c1-16(2)13-20-14-19(10-8-17(3)9-11-19)15-21-12-6-5-7-18(21)4/h16-18,20H,5-15H2,1-4H3. The van der Waals surface area contributed by atoms with E-state index in [4.69, 9.17) is 0 Å². The Hall–Kier alpha value is -0.0800. The van der Waals surface area contributed by atoms with E-state index in [-0.39, 0.29) is 0 Å². The predicted molar refractivity (Wildman–Crippen MR) is 92.7 cm³/mol. The first kappa shape index (κ1) is 17.3. The Balaban J connectivity index is 1.94. The highest BCUT2D eigenvalue weighted by Crippen LogP contribution is 2.40. The van der Waals surface area contributed by atoms with Crippen LogP contribution in [-0.4, -0.2) is 37.1 Å². The van der Waals surface area contributed by atoms with Crippen molar-refractivity contribution in [1.82, 2.24) is 10.2 Å². The first-order valence-corrected chi connectivity index (χ1v) is 9.45. The van der Waals surface area contributed by atoms with Crippen molar-refractivity contribution in [1.29, 1.82) is 0 Å². The van der Waals surface area contributed by atoms with Crippen molar-refractivity contribution < 1.29 is 0 Å². The fraction of sp³-hybridized carbons (Fsp3) is 1.00. The summed E-state index contributed by atoms with van der Waals surface area (Å²) >= 11 is 0. The Morgan fingerprint density at radius 3 is 2.43 bits per heavy atom. The molecule has 2 aliphatic rings. The highest BCUT2D eigenvalue weighted by atomic mass is 15.2. The van der Waals surface area contributed by atoms with Gasteiger partial charge in [0.25, 0.3) is 0 Å². The van der Waals surface area contributed by atoms with E-state index in [1.165, 1.54) is 71.1 Å². The molecule has 0 bridgehead atoms. The fourth-order valence-corrected chi connectivity index (χ4v) is 4.21. The molecule has 1 heterocycles. The summed E-state index contributed by atoms with van der Waals surface area (Å²) in [6.07, 6.45) is 10.00. The zero-order valence-corrected chi connectivity index (χ0v) is 15.0. The second-order valence-electron chi connectivity index (χ2n) is 8.52. The zero-order valence-electron chi connectivity index (χ0n) is 15.0. The average molecular weight is 295 g/mol. The van der Waals surface area contributed by atoms with Crippen LogP contribution in [0.1, 0.15) is 72.6 Å². The van der Waals surface area contributed by atoms with Crippen molar-refractivity contribution in [2.24, 2.45) is 17.3 Å². The van der Waals surface area contributed by atoms with Gasteiger partial charge in [-0.25, -0.2) is 0 Å². The van der Waals surface area contributed by atoms with Gasteiger partial charge >= 0.3 is 0 Å². The number of hydrogen-bond acceptors (Lipinski definition) is 2. The minimum Gasteiger partial charge on any atom is -0.316 e. The van der Waals surface area contributed by atoms with Gasteiger partial charge in [-0.1, -0.05) is 40.0 Å². The van der Waals surface area contributed by atoms with Crippen LogP contribution in [0, 0.1) is 17.3 Å². The van der Waals surface area contributed by atoms with Crippen LogP contribution in [0.15, 0.2) is 0 Å². The molecule has 1 aliphatic carbocycles. The predicted octanol–water partition coefficient (Wildman–Crippen LogP) is 4.30. The highest BCUT2D eigenvalue weighted by molar-refractivity contribution is 4.91. The molecule has 0 spiro atoms. The Morgan fingerprint density at radius 2 is 1.81 bits per heavy atom. The number of hydrogen-bond donors (Lipinski definition) is 1. The summed E-state index contributed by atoms with van der Waals surface area (Å²) in [5.74, 6) is 1.71. The molecule has 1 saturated heterocycles. The minimum absolute atomic E-state index is 0.549. The Bertz CT molecular complexity index is 292. The van der Waals surface area contributed by atoms with E-state index in [2.05, 4.69) is 37.9 Å². The molecule has 1 atom stereocenters. The van der Waals surface area contributed by atoms with Gasteiger partial charge in [-0.3, -0.25) is 0 Å². The summed E-state index contributed by atoms with van der Waals surface area (Å²) < 4.78 is 0. The molecule has 1 aliphatic heterocycles. The topological polar surface area (TPSA) is 15.3 Å². The number of likely N-dealkylation sites (tertiary alicyclic amines) is 1. The van der Waals surface area contributed by atoms with E-state index in [1.807, 2.05) is 0 Å². The van der Waals surface area contributed by atoms with Crippen LogP contribution < -0.4 is 5.32 Å². The molecular formula is C19H38N2. The highest BCUT2D eigenvalue weighted by Gasteiger charge is 2.36. The van der Waals surface area contributed by atoms with E-state index in [0.717, 1.165) is 17.9 Å². The molecule has 0 aromatic carbocycles. The third-order valence-electron chi connectivity index (χ3n) is 5.87. The van der Waals surface area contributed by atoms with Crippen molar-refractivity contribution in [3.05, 3.63) is 0 Å². The lowest BCUT2D eigenvalue weighted by molar-refractivity contribution is 0.0508. The Labute approximate surface area is 133 Å². The molecule has 0 amide bonds. The number of nitrogens with zero attached hydrogens (tertiary/aromatic N) is 1. The molecule has 0 aromatic heterocycles. The SMILES string of the molecule is CC(C)CNCC1(CN2CCCCC2C)CCC(C)CC1. The van der Waals surface area contributed by atoms with Gasteiger partial charge in [0.1, 0.15) is 0 Å². The summed E-state index contributed by atoms with van der Waals surface area (Å²) in [4.78, 5) is 2.80. The second-order valence-corrected chi connectivity index (χ2v) is 8.52. The van der Waals surface area contributed by atoms with Gasteiger partial charge in [-0.05, 0) is 62.9 Å². The number of rotatable bonds is 6. The molecule has 2 heteroatoms. The van der Waals surface area contributed by atoms with E-state index < -0.39 is 0 Å². The molecule has 1 saturated carbocycles. The average Bonchev–Trinajstić information content (AvgIpc) is 2.44.